The van der Waals surface area contributed by atoms with Crippen LogP contribution in [0.25, 0.3) is 0 Å². The molecule has 2 nitrogen and oxygen atoms in total. The van der Waals surface area contributed by atoms with Crippen molar-refractivity contribution in [1.29, 1.82) is 0 Å². The molecule has 3 rings (SSSR count). The average molecular weight is 278 g/mol. The summed E-state index contributed by atoms with van der Waals surface area (Å²) in [4.78, 5) is 2.81. The van der Waals surface area contributed by atoms with Crippen LogP contribution >= 0.6 is 0 Å². The molecule has 1 atom stereocenters. The average Bonchev–Trinajstić information content (AvgIpc) is 2.75. The van der Waals surface area contributed by atoms with Crippen molar-refractivity contribution in [3.63, 3.8) is 0 Å². The SMILES string of the molecule is C1CCC(CN2CCCNC(C3CCCCC3)C2)CC1. The molecule has 0 aromatic rings. The summed E-state index contributed by atoms with van der Waals surface area (Å²) >= 11 is 0. The highest BCUT2D eigenvalue weighted by Gasteiger charge is 2.28. The molecule has 116 valence electrons. The molecule has 2 heteroatoms. The highest BCUT2D eigenvalue weighted by atomic mass is 15.2. The molecule has 3 aliphatic rings. The summed E-state index contributed by atoms with van der Waals surface area (Å²) in [5.74, 6) is 1.98. The van der Waals surface area contributed by atoms with Gasteiger partial charge < -0.3 is 10.2 Å². The van der Waals surface area contributed by atoms with Crippen molar-refractivity contribution in [3.8, 4) is 0 Å². The van der Waals surface area contributed by atoms with E-state index in [2.05, 4.69) is 10.2 Å². The van der Waals surface area contributed by atoms with Crippen LogP contribution in [0.2, 0.25) is 0 Å². The first-order valence-corrected chi connectivity index (χ1v) is 9.37. The molecular weight excluding hydrogens is 244 g/mol. The van der Waals surface area contributed by atoms with Crippen LogP contribution in [0.15, 0.2) is 0 Å². The van der Waals surface area contributed by atoms with Gasteiger partial charge in [-0.1, -0.05) is 38.5 Å². The Kier molecular flexibility index (Phi) is 5.78. The number of nitrogens with one attached hydrogen (secondary N) is 1. The second-order valence-electron chi connectivity index (χ2n) is 7.58. The third-order valence-electron chi connectivity index (χ3n) is 5.97. The van der Waals surface area contributed by atoms with E-state index >= 15 is 0 Å². The first-order chi connectivity index (χ1) is 9.92. The molecule has 0 aromatic heterocycles. The fourth-order valence-electron chi connectivity index (χ4n) is 4.78. The largest absolute Gasteiger partial charge is 0.312 e. The Hall–Kier alpha value is -0.0800. The first kappa shape index (κ1) is 14.8. The second kappa shape index (κ2) is 7.79. The summed E-state index contributed by atoms with van der Waals surface area (Å²) in [5.41, 5.74) is 0. The number of nitrogens with zero attached hydrogens (tertiary/aromatic N) is 1. The number of rotatable bonds is 3. The minimum Gasteiger partial charge on any atom is -0.312 e. The van der Waals surface area contributed by atoms with Crippen LogP contribution in [0.1, 0.15) is 70.6 Å². The molecule has 0 bridgehead atoms. The van der Waals surface area contributed by atoms with E-state index in [0.717, 1.165) is 17.9 Å². The highest BCUT2D eigenvalue weighted by molar-refractivity contribution is 4.85. The highest BCUT2D eigenvalue weighted by Crippen LogP contribution is 2.29. The van der Waals surface area contributed by atoms with Crippen molar-refractivity contribution in [2.24, 2.45) is 11.8 Å². The zero-order valence-corrected chi connectivity index (χ0v) is 13.3. The Morgan fingerprint density at radius 2 is 1.50 bits per heavy atom. The topological polar surface area (TPSA) is 15.3 Å². The molecule has 1 heterocycles. The normalized spacial score (nSPS) is 32.1. The van der Waals surface area contributed by atoms with Gasteiger partial charge in [0.15, 0.2) is 0 Å². The molecule has 0 radical (unpaired) electrons. The van der Waals surface area contributed by atoms with Crippen molar-refractivity contribution in [3.05, 3.63) is 0 Å². The van der Waals surface area contributed by atoms with Crippen molar-refractivity contribution in [1.82, 2.24) is 10.2 Å². The van der Waals surface area contributed by atoms with E-state index in [4.69, 9.17) is 0 Å². The third kappa shape index (κ3) is 4.21. The van der Waals surface area contributed by atoms with Crippen LogP contribution in [0.5, 0.6) is 0 Å². The summed E-state index contributed by atoms with van der Waals surface area (Å²) in [6.45, 7) is 5.32. The molecule has 1 unspecified atom stereocenters. The lowest BCUT2D eigenvalue weighted by Crippen LogP contribution is -2.44. The van der Waals surface area contributed by atoms with Gasteiger partial charge in [0.1, 0.15) is 0 Å². The number of hydrogen-bond donors (Lipinski definition) is 1. The van der Waals surface area contributed by atoms with Crippen molar-refractivity contribution in [2.45, 2.75) is 76.7 Å². The molecule has 0 aromatic carbocycles. The zero-order valence-electron chi connectivity index (χ0n) is 13.3. The van der Waals surface area contributed by atoms with Crippen molar-refractivity contribution < 1.29 is 0 Å². The van der Waals surface area contributed by atoms with Gasteiger partial charge in [-0.05, 0) is 57.0 Å². The molecule has 2 saturated carbocycles. The fraction of sp³-hybridized carbons (Fsp3) is 1.00. The third-order valence-corrected chi connectivity index (χ3v) is 5.97. The predicted octanol–water partition coefficient (Wildman–Crippen LogP) is 3.81. The molecule has 0 amide bonds. The Bertz CT molecular complexity index is 267. The molecule has 1 N–H and O–H groups in total. The van der Waals surface area contributed by atoms with E-state index in [0.29, 0.717) is 0 Å². The van der Waals surface area contributed by atoms with Crippen LogP contribution in [0, 0.1) is 11.8 Å². The molecule has 1 saturated heterocycles. The summed E-state index contributed by atoms with van der Waals surface area (Å²) in [6.07, 6.45) is 16.2. The summed E-state index contributed by atoms with van der Waals surface area (Å²) in [7, 11) is 0. The standard InChI is InChI=1S/C18H34N2/c1-3-8-16(9-4-1)14-20-13-7-12-19-18(15-20)17-10-5-2-6-11-17/h16-19H,1-15H2. The van der Waals surface area contributed by atoms with Gasteiger partial charge >= 0.3 is 0 Å². The van der Waals surface area contributed by atoms with Crippen molar-refractivity contribution >= 4 is 0 Å². The van der Waals surface area contributed by atoms with Gasteiger partial charge in [-0.2, -0.15) is 0 Å². The van der Waals surface area contributed by atoms with Gasteiger partial charge in [0.25, 0.3) is 0 Å². The Labute approximate surface area is 125 Å². The van der Waals surface area contributed by atoms with E-state index in [9.17, 15) is 0 Å². The van der Waals surface area contributed by atoms with Gasteiger partial charge in [0, 0.05) is 19.1 Å². The molecule has 2 aliphatic carbocycles. The minimum absolute atomic E-state index is 0.793. The van der Waals surface area contributed by atoms with Crippen molar-refractivity contribution in [2.75, 3.05) is 26.2 Å². The van der Waals surface area contributed by atoms with Gasteiger partial charge in [-0.15, -0.1) is 0 Å². The Morgan fingerprint density at radius 3 is 2.25 bits per heavy atom. The lowest BCUT2D eigenvalue weighted by molar-refractivity contribution is 0.170. The monoisotopic (exact) mass is 278 g/mol. The van der Waals surface area contributed by atoms with Crippen LogP contribution in [0.4, 0.5) is 0 Å². The summed E-state index contributed by atoms with van der Waals surface area (Å²) in [6, 6.07) is 0.793. The van der Waals surface area contributed by atoms with E-state index in [1.807, 2.05) is 0 Å². The maximum absolute atomic E-state index is 3.88. The van der Waals surface area contributed by atoms with E-state index in [1.165, 1.54) is 96.8 Å². The van der Waals surface area contributed by atoms with Gasteiger partial charge in [-0.25, -0.2) is 0 Å². The quantitative estimate of drug-likeness (QED) is 0.844. The van der Waals surface area contributed by atoms with Crippen LogP contribution < -0.4 is 5.32 Å². The first-order valence-electron chi connectivity index (χ1n) is 9.37. The number of hydrogen-bond acceptors (Lipinski definition) is 2. The van der Waals surface area contributed by atoms with Gasteiger partial charge in [0.2, 0.25) is 0 Å². The Balaban J connectivity index is 1.51. The van der Waals surface area contributed by atoms with Crippen LogP contribution in [0.3, 0.4) is 0 Å². The summed E-state index contributed by atoms with van der Waals surface area (Å²) < 4.78 is 0. The minimum atomic E-state index is 0.793. The molecule has 1 aliphatic heterocycles. The molecule has 20 heavy (non-hydrogen) atoms. The molecule has 3 fully saturated rings. The lowest BCUT2D eigenvalue weighted by atomic mass is 9.83. The maximum Gasteiger partial charge on any atom is 0.0223 e. The zero-order chi connectivity index (χ0) is 13.6. The van der Waals surface area contributed by atoms with Gasteiger partial charge in [-0.3, -0.25) is 0 Å². The Morgan fingerprint density at radius 1 is 0.800 bits per heavy atom. The lowest BCUT2D eigenvalue weighted by Gasteiger charge is -2.34. The second-order valence-corrected chi connectivity index (χ2v) is 7.58. The van der Waals surface area contributed by atoms with E-state index in [1.54, 1.807) is 0 Å². The van der Waals surface area contributed by atoms with Gasteiger partial charge in [0.05, 0.1) is 0 Å². The van der Waals surface area contributed by atoms with Crippen LogP contribution in [-0.4, -0.2) is 37.1 Å². The van der Waals surface area contributed by atoms with Crippen LogP contribution in [-0.2, 0) is 0 Å². The molecule has 0 spiro atoms. The summed E-state index contributed by atoms with van der Waals surface area (Å²) in [5, 5.41) is 3.88. The van der Waals surface area contributed by atoms with E-state index in [-0.39, 0.29) is 0 Å². The smallest absolute Gasteiger partial charge is 0.0223 e. The molecular formula is C18H34N2. The predicted molar refractivity (Wildman–Crippen MR) is 86.0 cm³/mol. The maximum atomic E-state index is 3.88. The fourth-order valence-corrected chi connectivity index (χ4v) is 4.78. The van der Waals surface area contributed by atoms with E-state index < -0.39 is 0 Å².